The summed E-state index contributed by atoms with van der Waals surface area (Å²) in [7, 11) is 0. The van der Waals surface area contributed by atoms with Crippen molar-refractivity contribution in [3.8, 4) is 0 Å². The molecule has 0 N–H and O–H groups in total. The fourth-order valence-corrected chi connectivity index (χ4v) is 3.66. The Morgan fingerprint density at radius 3 is 2.86 bits per heavy atom. The largest absolute Gasteiger partial charge is 0.458 e. The Hall–Kier alpha value is -2.40. The molecule has 1 aliphatic heterocycles. The molecule has 7 nitrogen and oxygen atoms in total. The van der Waals surface area contributed by atoms with E-state index in [0.29, 0.717) is 6.42 Å². The number of fused-ring (bicyclic) bond motifs is 1. The number of ether oxygens (including phenoxy) is 3. The third-order valence-corrected chi connectivity index (χ3v) is 4.58. The quantitative estimate of drug-likeness (QED) is 0.292. The molecule has 2 aliphatic carbocycles. The Morgan fingerprint density at radius 1 is 1.41 bits per heavy atom. The molecule has 0 spiro atoms. The summed E-state index contributed by atoms with van der Waals surface area (Å²) < 4.78 is 18.8. The van der Waals surface area contributed by atoms with Gasteiger partial charge in [-0.05, 0) is 12.8 Å². The zero-order valence-electron chi connectivity index (χ0n) is 11.9. The van der Waals surface area contributed by atoms with Crippen LogP contribution in [0, 0.1) is 17.8 Å². The molecular weight excluding hydrogens is 290 g/mol. The fraction of sp³-hybridized carbons (Fsp3) is 0.533. The number of carbonyl (C=O) groups is 3. The van der Waals surface area contributed by atoms with Crippen LogP contribution in [0.5, 0.6) is 0 Å². The van der Waals surface area contributed by atoms with E-state index in [-0.39, 0.29) is 35.5 Å². The maximum absolute atomic E-state index is 11.8. The first kappa shape index (κ1) is 14.5. The molecule has 0 aromatic heterocycles. The van der Waals surface area contributed by atoms with Crippen molar-refractivity contribution in [2.75, 3.05) is 6.61 Å². The first-order chi connectivity index (χ1) is 10.5. The maximum Gasteiger partial charge on any atom is 0.422 e. The molecule has 5 unspecified atom stereocenters. The molecule has 5 atom stereocenters. The first-order valence-electron chi connectivity index (χ1n) is 7.08. The van der Waals surface area contributed by atoms with Gasteiger partial charge in [0.25, 0.3) is 6.72 Å². The third-order valence-electron chi connectivity index (χ3n) is 4.58. The highest BCUT2D eigenvalue weighted by Gasteiger charge is 2.63. The second kappa shape index (κ2) is 5.42. The average molecular weight is 306 g/mol. The lowest BCUT2D eigenvalue weighted by Gasteiger charge is -2.24. The number of carbonyl (C=O) groups excluding carboxylic acids is 3. The summed E-state index contributed by atoms with van der Waals surface area (Å²) >= 11 is 0. The predicted molar refractivity (Wildman–Crippen MR) is 74.9 cm³/mol. The van der Waals surface area contributed by atoms with Gasteiger partial charge in [0.1, 0.15) is 12.2 Å². The minimum Gasteiger partial charge on any atom is -0.458 e. The molecule has 22 heavy (non-hydrogen) atoms. The van der Waals surface area contributed by atoms with E-state index >= 15 is 0 Å². The second-order valence-electron chi connectivity index (χ2n) is 5.68. The lowest BCUT2D eigenvalue weighted by Crippen LogP contribution is -2.37. The zero-order valence-corrected chi connectivity index (χ0v) is 11.9. The minimum atomic E-state index is -0.790. The molecular formula is C15H16NO6+. The van der Waals surface area contributed by atoms with Gasteiger partial charge in [-0.15, -0.1) is 0 Å². The van der Waals surface area contributed by atoms with Crippen molar-refractivity contribution in [2.24, 2.45) is 17.8 Å². The van der Waals surface area contributed by atoms with E-state index < -0.39 is 24.6 Å². The van der Waals surface area contributed by atoms with E-state index in [0.717, 1.165) is 6.42 Å². The second-order valence-corrected chi connectivity index (χ2v) is 5.68. The Kier molecular flexibility index (Phi) is 3.58. The van der Waals surface area contributed by atoms with Gasteiger partial charge in [0, 0.05) is 17.9 Å². The summed E-state index contributed by atoms with van der Waals surface area (Å²) in [4.78, 5) is 34.9. The van der Waals surface area contributed by atoms with Crippen molar-refractivity contribution < 1.29 is 28.6 Å². The van der Waals surface area contributed by atoms with E-state index in [4.69, 9.17) is 14.2 Å². The SMILES string of the molecule is C=CC(=[N+]=C)C(=O)OCC(=O)OC1C2CC3C(=O)OC1C3C2. The molecule has 3 rings (SSSR count). The minimum absolute atomic E-state index is 0.0359. The topological polar surface area (TPSA) is 93.0 Å². The van der Waals surface area contributed by atoms with Crippen LogP contribution in [0.2, 0.25) is 0 Å². The van der Waals surface area contributed by atoms with Crippen molar-refractivity contribution in [1.82, 2.24) is 4.67 Å². The van der Waals surface area contributed by atoms with Crippen LogP contribution >= 0.6 is 0 Å². The van der Waals surface area contributed by atoms with Crippen molar-refractivity contribution >= 4 is 30.3 Å². The molecule has 116 valence electrons. The molecule has 0 aromatic rings. The number of esters is 3. The van der Waals surface area contributed by atoms with Crippen LogP contribution < -0.4 is 4.67 Å². The van der Waals surface area contributed by atoms with Gasteiger partial charge in [-0.1, -0.05) is 11.2 Å². The maximum atomic E-state index is 11.8. The highest BCUT2D eigenvalue weighted by molar-refractivity contribution is 6.40. The molecule has 2 saturated carbocycles. The lowest BCUT2D eigenvalue weighted by molar-refractivity contribution is -0.168. The summed E-state index contributed by atoms with van der Waals surface area (Å²) in [5, 5.41) is 0. The van der Waals surface area contributed by atoms with E-state index in [1.807, 2.05) is 0 Å². The molecule has 2 bridgehead atoms. The Balaban J connectivity index is 1.53. The summed E-state index contributed by atoms with van der Waals surface area (Å²) in [6.45, 7) is 6.06. The Labute approximate surface area is 126 Å². The normalized spacial score (nSPS) is 33.8. The Morgan fingerprint density at radius 2 is 2.18 bits per heavy atom. The van der Waals surface area contributed by atoms with E-state index in [1.165, 1.54) is 6.08 Å². The highest BCUT2D eigenvalue weighted by Crippen LogP contribution is 2.55. The van der Waals surface area contributed by atoms with Crippen molar-refractivity contribution in [2.45, 2.75) is 25.0 Å². The number of nitrogens with zero attached hydrogens (tertiary/aromatic N) is 1. The van der Waals surface area contributed by atoms with Crippen LogP contribution in [0.4, 0.5) is 0 Å². The zero-order chi connectivity index (χ0) is 15.9. The Bertz CT molecular complexity index is 605. The van der Waals surface area contributed by atoms with Crippen molar-refractivity contribution in [1.29, 1.82) is 0 Å². The molecule has 0 radical (unpaired) electrons. The molecule has 1 heterocycles. The van der Waals surface area contributed by atoms with E-state index in [9.17, 15) is 14.4 Å². The van der Waals surface area contributed by atoms with Crippen molar-refractivity contribution in [3.05, 3.63) is 12.7 Å². The highest BCUT2D eigenvalue weighted by atomic mass is 16.6. The smallest absolute Gasteiger partial charge is 0.422 e. The van der Waals surface area contributed by atoms with Gasteiger partial charge in [0.05, 0.1) is 5.92 Å². The van der Waals surface area contributed by atoms with Crippen LogP contribution in [0.1, 0.15) is 12.8 Å². The van der Waals surface area contributed by atoms with Crippen LogP contribution in [-0.2, 0) is 28.6 Å². The van der Waals surface area contributed by atoms with Crippen LogP contribution in [0.25, 0.3) is 0 Å². The molecule has 3 fully saturated rings. The van der Waals surface area contributed by atoms with Gasteiger partial charge in [-0.2, -0.15) is 0 Å². The van der Waals surface area contributed by atoms with Gasteiger partial charge in [0.15, 0.2) is 6.61 Å². The van der Waals surface area contributed by atoms with Gasteiger partial charge < -0.3 is 14.2 Å². The summed E-state index contributed by atoms with van der Waals surface area (Å²) in [6, 6.07) is 0. The van der Waals surface area contributed by atoms with Gasteiger partial charge in [0.2, 0.25) is 0 Å². The summed E-state index contributed by atoms with van der Waals surface area (Å²) in [6.07, 6.45) is 1.95. The van der Waals surface area contributed by atoms with Crippen LogP contribution in [0.15, 0.2) is 12.7 Å². The average Bonchev–Trinajstić information content (AvgIpc) is 3.11. The monoisotopic (exact) mass is 306 g/mol. The predicted octanol–water partition coefficient (Wildman–Crippen LogP) is -0.582. The summed E-state index contributed by atoms with van der Waals surface area (Å²) in [5.41, 5.74) is -0.0692. The molecule has 0 aromatic carbocycles. The van der Waals surface area contributed by atoms with Gasteiger partial charge in [-0.25, -0.2) is 9.59 Å². The van der Waals surface area contributed by atoms with E-state index in [2.05, 4.69) is 18.0 Å². The third kappa shape index (κ3) is 2.23. The lowest BCUT2D eigenvalue weighted by atomic mass is 9.88. The molecule has 7 heteroatoms. The fourth-order valence-electron chi connectivity index (χ4n) is 3.66. The van der Waals surface area contributed by atoms with Gasteiger partial charge in [-0.3, -0.25) is 4.79 Å². The number of hydrogen-bond acceptors (Lipinski definition) is 6. The van der Waals surface area contributed by atoms with Crippen molar-refractivity contribution in [3.63, 3.8) is 0 Å². The summed E-state index contributed by atoms with van der Waals surface area (Å²) in [5.74, 6) is -1.38. The van der Waals surface area contributed by atoms with Crippen LogP contribution in [-0.4, -0.2) is 49.2 Å². The molecule has 1 saturated heterocycles. The number of hydrogen-bond donors (Lipinski definition) is 0. The first-order valence-corrected chi connectivity index (χ1v) is 7.08. The van der Waals surface area contributed by atoms with Gasteiger partial charge >= 0.3 is 23.6 Å². The van der Waals surface area contributed by atoms with E-state index in [1.54, 1.807) is 0 Å². The standard InChI is InChI=1S/C15H16NO6/c1-3-10(16-2)15(19)20-6-11(17)21-12-7-4-8-9(5-7)14(18)22-13(8)12/h3,7-9,12-13H,1-2,4-6H2/q+1. The molecule has 3 aliphatic rings. The van der Waals surface area contributed by atoms with Crippen LogP contribution in [0.3, 0.4) is 0 Å². The number of rotatable bonds is 5. The molecule has 0 amide bonds.